The molecule has 0 fully saturated rings. The molecule has 0 saturated carbocycles. The van der Waals surface area contributed by atoms with Crippen LogP contribution in [0.4, 0.5) is 30.7 Å². The van der Waals surface area contributed by atoms with Crippen LogP contribution in [0, 0.1) is 10.5 Å². The number of Topliss-reactive ketones (excluding diaryl/α,β-unsaturated/α-hetero) is 1. The summed E-state index contributed by atoms with van der Waals surface area (Å²) in [5.41, 5.74) is 4.38. The van der Waals surface area contributed by atoms with E-state index in [9.17, 15) is 40.3 Å². The Bertz CT molecular complexity index is 1690. The second kappa shape index (κ2) is 11.2. The van der Waals surface area contributed by atoms with Crippen LogP contribution >= 0.6 is 34.2 Å². The molecule has 9 nitrogen and oxygen atoms in total. The molecule has 18 heteroatoms. The van der Waals surface area contributed by atoms with Gasteiger partial charge in [-0.15, -0.1) is 0 Å². The molecule has 0 atom stereocenters. The maximum Gasteiger partial charge on any atom is 0.460 e. The number of carbonyl (C=O) groups excluding carboxylic acids is 2. The van der Waals surface area contributed by atoms with E-state index in [1.807, 2.05) is 22.6 Å². The number of primary amides is 1. The van der Waals surface area contributed by atoms with E-state index in [2.05, 4.69) is 20.3 Å². The third-order valence-electron chi connectivity index (χ3n) is 5.94. The maximum absolute atomic E-state index is 14.1. The van der Waals surface area contributed by atoms with E-state index in [4.69, 9.17) is 17.3 Å². The van der Waals surface area contributed by atoms with E-state index in [0.717, 1.165) is 4.68 Å². The molecule has 3 heterocycles. The van der Waals surface area contributed by atoms with Gasteiger partial charge >= 0.3 is 18.0 Å². The number of rotatable bonds is 9. The summed E-state index contributed by atoms with van der Waals surface area (Å²) in [6.07, 6.45) is -5.47. The Morgan fingerprint density at radius 1 is 1.07 bits per heavy atom. The van der Waals surface area contributed by atoms with Gasteiger partial charge in [-0.05, 0) is 71.0 Å². The first kappa shape index (κ1) is 31.3. The fourth-order valence-electron chi connectivity index (χ4n) is 3.88. The van der Waals surface area contributed by atoms with Crippen LogP contribution in [-0.2, 0) is 18.9 Å². The maximum atomic E-state index is 14.1. The molecular formula is C24H16ClF7IN7O2. The van der Waals surface area contributed by atoms with Gasteiger partial charge < -0.3 is 5.73 Å². The van der Waals surface area contributed by atoms with Crippen LogP contribution in [0.2, 0.25) is 5.02 Å². The zero-order valence-corrected chi connectivity index (χ0v) is 23.8. The first-order valence-electron chi connectivity index (χ1n) is 11.5. The minimum absolute atomic E-state index is 0.0197. The van der Waals surface area contributed by atoms with E-state index < -0.39 is 42.0 Å². The molecule has 2 N–H and O–H groups in total. The summed E-state index contributed by atoms with van der Waals surface area (Å²) in [6, 6.07) is 7.36. The number of pyridine rings is 1. The van der Waals surface area contributed by atoms with Crippen molar-refractivity contribution in [3.63, 3.8) is 0 Å². The topological polar surface area (TPSA) is 122 Å². The van der Waals surface area contributed by atoms with Crippen molar-refractivity contribution in [3.05, 3.63) is 85.1 Å². The van der Waals surface area contributed by atoms with Crippen LogP contribution in [0.5, 0.6) is 0 Å². The molecule has 0 radical (unpaired) electrons. The molecular weight excluding hydrogens is 714 g/mol. The SMILES string of the molecule is Cc1cc(I)cc(C(N)=O)c1CC(=O)c1cc(Cn2ncc(C(F)(F)C(F)(F)C(F)(F)F)n2)nn1-c1ncccc1Cl. The molecule has 0 aliphatic carbocycles. The lowest BCUT2D eigenvalue weighted by Crippen LogP contribution is -2.50. The predicted octanol–water partition coefficient (Wildman–Crippen LogP) is 5.29. The van der Waals surface area contributed by atoms with Gasteiger partial charge in [0.25, 0.3) is 0 Å². The van der Waals surface area contributed by atoms with E-state index in [1.54, 1.807) is 13.0 Å². The van der Waals surface area contributed by atoms with Crippen molar-refractivity contribution in [1.29, 1.82) is 0 Å². The van der Waals surface area contributed by atoms with Crippen molar-refractivity contribution in [2.24, 2.45) is 5.73 Å². The van der Waals surface area contributed by atoms with E-state index in [0.29, 0.717) is 19.5 Å². The van der Waals surface area contributed by atoms with Gasteiger partial charge in [0.2, 0.25) is 5.91 Å². The number of halogens is 9. The normalized spacial score (nSPS) is 12.5. The lowest BCUT2D eigenvalue weighted by atomic mass is 9.96. The standard InChI is InChI=1S/C24H16ClF7IN7O2/c1-11-5-12(33)6-15(20(34)42)14(11)8-18(41)17-7-13(37-40(17)21-16(25)3-2-4-35-21)10-39-36-9-19(38-39)22(26,27)23(28,29)24(30,31)32/h2-7,9H,8,10H2,1H3,(H2,34,42). The number of amides is 1. The predicted molar refractivity (Wildman–Crippen MR) is 141 cm³/mol. The van der Waals surface area contributed by atoms with Crippen molar-refractivity contribution in [2.75, 3.05) is 0 Å². The molecule has 0 unspecified atom stereocenters. The average Bonchev–Trinajstić information content (AvgIpc) is 3.53. The summed E-state index contributed by atoms with van der Waals surface area (Å²) in [7, 11) is 0. The first-order valence-corrected chi connectivity index (χ1v) is 12.9. The highest BCUT2D eigenvalue weighted by Gasteiger charge is 2.74. The van der Waals surface area contributed by atoms with Gasteiger partial charge in [0, 0.05) is 21.8 Å². The molecule has 0 aliphatic heterocycles. The number of nitrogens with zero attached hydrogens (tertiary/aromatic N) is 6. The Kier molecular flexibility index (Phi) is 8.38. The van der Waals surface area contributed by atoms with E-state index >= 15 is 0 Å². The quantitative estimate of drug-likeness (QED) is 0.142. The summed E-state index contributed by atoms with van der Waals surface area (Å²) in [4.78, 5) is 30.1. The van der Waals surface area contributed by atoms with E-state index in [-0.39, 0.29) is 40.4 Å². The van der Waals surface area contributed by atoms with Crippen LogP contribution in [0.25, 0.3) is 5.82 Å². The Labute approximate surface area is 250 Å². The fraction of sp³-hybridized carbons (Fsp3) is 0.250. The molecule has 0 aliphatic rings. The zero-order valence-electron chi connectivity index (χ0n) is 20.9. The van der Waals surface area contributed by atoms with Crippen molar-refractivity contribution >= 4 is 45.9 Å². The lowest BCUT2D eigenvalue weighted by Gasteiger charge is -2.26. The Morgan fingerprint density at radius 3 is 2.38 bits per heavy atom. The number of hydrogen-bond donors (Lipinski definition) is 1. The van der Waals surface area contributed by atoms with Gasteiger partial charge in [0.05, 0.1) is 16.9 Å². The molecule has 0 saturated heterocycles. The Hall–Kier alpha value is -3.61. The molecule has 0 bridgehead atoms. The van der Waals surface area contributed by atoms with Crippen LogP contribution in [0.15, 0.2) is 42.7 Å². The summed E-state index contributed by atoms with van der Waals surface area (Å²) >= 11 is 8.22. The number of carbonyl (C=O) groups is 2. The molecule has 4 rings (SSSR count). The zero-order chi connectivity index (χ0) is 31.2. The average molecular weight is 730 g/mol. The highest BCUT2D eigenvalue weighted by Crippen LogP contribution is 2.51. The second-order valence-electron chi connectivity index (χ2n) is 8.86. The third kappa shape index (κ3) is 5.83. The summed E-state index contributed by atoms with van der Waals surface area (Å²) < 4.78 is 94.5. The monoisotopic (exact) mass is 729 g/mol. The summed E-state index contributed by atoms with van der Waals surface area (Å²) in [5, 5.41) is 10.7. The van der Waals surface area contributed by atoms with Gasteiger partial charge in [-0.1, -0.05) is 11.6 Å². The van der Waals surface area contributed by atoms with Gasteiger partial charge in [-0.3, -0.25) is 9.59 Å². The molecule has 3 aromatic heterocycles. The highest BCUT2D eigenvalue weighted by atomic mass is 127. The van der Waals surface area contributed by atoms with Crippen molar-refractivity contribution < 1.29 is 40.3 Å². The number of hydrogen-bond acceptors (Lipinski definition) is 6. The van der Waals surface area contributed by atoms with Gasteiger partial charge in [0.1, 0.15) is 12.2 Å². The minimum Gasteiger partial charge on any atom is -0.366 e. The second-order valence-corrected chi connectivity index (χ2v) is 10.5. The van der Waals surface area contributed by atoms with Crippen molar-refractivity contribution in [3.8, 4) is 5.82 Å². The van der Waals surface area contributed by atoms with Crippen LogP contribution in [-0.4, -0.2) is 53.5 Å². The molecule has 42 heavy (non-hydrogen) atoms. The Balaban J connectivity index is 1.73. The molecule has 222 valence electrons. The van der Waals surface area contributed by atoms with Crippen LogP contribution < -0.4 is 5.73 Å². The molecule has 0 spiro atoms. The number of alkyl halides is 7. The van der Waals surface area contributed by atoms with Crippen molar-refractivity contribution in [2.45, 2.75) is 37.9 Å². The number of benzene rings is 1. The van der Waals surface area contributed by atoms with Crippen molar-refractivity contribution in [1.82, 2.24) is 29.8 Å². The van der Waals surface area contributed by atoms with E-state index in [1.165, 1.54) is 30.5 Å². The molecule has 1 aromatic carbocycles. The Morgan fingerprint density at radius 2 is 1.76 bits per heavy atom. The van der Waals surface area contributed by atoms with Gasteiger partial charge in [0.15, 0.2) is 17.3 Å². The number of nitrogens with two attached hydrogens (primary N) is 1. The lowest BCUT2D eigenvalue weighted by molar-refractivity contribution is -0.360. The summed E-state index contributed by atoms with van der Waals surface area (Å²) in [5.74, 6) is -13.5. The van der Waals surface area contributed by atoms with Crippen LogP contribution in [0.1, 0.15) is 43.4 Å². The molecule has 4 aromatic rings. The highest BCUT2D eigenvalue weighted by molar-refractivity contribution is 14.1. The number of ketones is 1. The van der Waals surface area contributed by atoms with Gasteiger partial charge in [-0.2, -0.15) is 50.8 Å². The van der Waals surface area contributed by atoms with Gasteiger partial charge in [-0.25, -0.2) is 9.67 Å². The largest absolute Gasteiger partial charge is 0.460 e. The number of aromatic nitrogens is 6. The first-order chi connectivity index (χ1) is 19.4. The summed E-state index contributed by atoms with van der Waals surface area (Å²) in [6.45, 7) is 1.05. The number of aryl methyl sites for hydroxylation is 1. The third-order valence-corrected chi connectivity index (χ3v) is 6.86. The fourth-order valence-corrected chi connectivity index (χ4v) is 4.86. The molecule has 1 amide bonds. The van der Waals surface area contributed by atoms with Crippen LogP contribution in [0.3, 0.4) is 0 Å². The minimum atomic E-state index is -6.56. The smallest absolute Gasteiger partial charge is 0.366 e.